The van der Waals surface area contributed by atoms with Gasteiger partial charge in [-0.3, -0.25) is 9.89 Å². The SMILES string of the molecule is CCN1CCC(CNC(=O)c2n[nH]c(C(C)C)c2N)CC1. The molecule has 0 spiro atoms. The first-order valence-corrected chi connectivity index (χ1v) is 7.87. The second kappa shape index (κ2) is 6.93. The van der Waals surface area contributed by atoms with E-state index in [1.54, 1.807) is 0 Å². The highest BCUT2D eigenvalue weighted by molar-refractivity contribution is 5.97. The van der Waals surface area contributed by atoms with Crippen LogP contribution in [0.1, 0.15) is 55.7 Å². The molecule has 0 radical (unpaired) electrons. The minimum atomic E-state index is -0.173. The molecule has 21 heavy (non-hydrogen) atoms. The normalized spacial score (nSPS) is 17.3. The standard InChI is InChI=1S/C15H27N5O/c1-4-20-7-5-11(6-8-20)9-17-15(21)14-12(16)13(10(2)3)18-19-14/h10-11H,4-9,16H2,1-3H3,(H,17,21)(H,18,19). The van der Waals surface area contributed by atoms with Crippen LogP contribution in [0.25, 0.3) is 0 Å². The number of aromatic amines is 1. The number of anilines is 1. The number of nitrogens with zero attached hydrogens (tertiary/aromatic N) is 2. The lowest BCUT2D eigenvalue weighted by Gasteiger charge is -2.30. The van der Waals surface area contributed by atoms with Gasteiger partial charge in [-0.05, 0) is 44.3 Å². The third-order valence-corrected chi connectivity index (χ3v) is 4.33. The third-order valence-electron chi connectivity index (χ3n) is 4.33. The van der Waals surface area contributed by atoms with Crippen molar-refractivity contribution in [1.82, 2.24) is 20.4 Å². The molecule has 0 aliphatic carbocycles. The molecule has 1 amide bonds. The van der Waals surface area contributed by atoms with Gasteiger partial charge in [-0.25, -0.2) is 0 Å². The van der Waals surface area contributed by atoms with Crippen LogP contribution >= 0.6 is 0 Å². The zero-order chi connectivity index (χ0) is 15.4. The molecule has 1 fully saturated rings. The van der Waals surface area contributed by atoms with E-state index in [2.05, 4.69) is 27.3 Å². The largest absolute Gasteiger partial charge is 0.395 e. The zero-order valence-corrected chi connectivity index (χ0v) is 13.3. The van der Waals surface area contributed by atoms with Crippen molar-refractivity contribution >= 4 is 11.6 Å². The zero-order valence-electron chi connectivity index (χ0n) is 13.3. The number of hydrogen-bond donors (Lipinski definition) is 3. The van der Waals surface area contributed by atoms with Crippen molar-refractivity contribution in [1.29, 1.82) is 0 Å². The molecule has 2 rings (SSSR count). The smallest absolute Gasteiger partial charge is 0.273 e. The number of carbonyl (C=O) groups is 1. The molecule has 4 N–H and O–H groups in total. The van der Waals surface area contributed by atoms with E-state index in [1.165, 1.54) is 0 Å². The van der Waals surface area contributed by atoms with E-state index in [-0.39, 0.29) is 11.8 Å². The van der Waals surface area contributed by atoms with Gasteiger partial charge in [-0.15, -0.1) is 0 Å². The second-order valence-corrected chi connectivity index (χ2v) is 6.14. The number of nitrogens with two attached hydrogens (primary N) is 1. The summed E-state index contributed by atoms with van der Waals surface area (Å²) in [5, 5.41) is 9.89. The molecule has 1 aliphatic rings. The van der Waals surface area contributed by atoms with E-state index in [9.17, 15) is 4.79 Å². The predicted molar refractivity (Wildman–Crippen MR) is 84.3 cm³/mol. The highest BCUT2D eigenvalue weighted by Gasteiger charge is 2.22. The first kappa shape index (κ1) is 15.8. The van der Waals surface area contributed by atoms with Gasteiger partial charge in [0.1, 0.15) is 0 Å². The van der Waals surface area contributed by atoms with E-state index in [0.29, 0.717) is 23.8 Å². The summed E-state index contributed by atoms with van der Waals surface area (Å²) in [5.74, 6) is 0.618. The van der Waals surface area contributed by atoms with E-state index >= 15 is 0 Å². The maximum absolute atomic E-state index is 12.2. The van der Waals surface area contributed by atoms with Crippen molar-refractivity contribution < 1.29 is 4.79 Å². The van der Waals surface area contributed by atoms with Crippen molar-refractivity contribution in [3.8, 4) is 0 Å². The van der Waals surface area contributed by atoms with E-state index in [4.69, 9.17) is 5.73 Å². The van der Waals surface area contributed by atoms with Gasteiger partial charge in [0, 0.05) is 6.54 Å². The quantitative estimate of drug-likeness (QED) is 0.769. The molecule has 0 unspecified atom stereocenters. The molecule has 2 heterocycles. The molecule has 1 aliphatic heterocycles. The Hall–Kier alpha value is -1.56. The van der Waals surface area contributed by atoms with Crippen LogP contribution in [0, 0.1) is 5.92 Å². The highest BCUT2D eigenvalue weighted by atomic mass is 16.1. The molecule has 0 atom stereocenters. The summed E-state index contributed by atoms with van der Waals surface area (Å²) >= 11 is 0. The Morgan fingerprint density at radius 2 is 2.14 bits per heavy atom. The molecule has 0 bridgehead atoms. The predicted octanol–water partition coefficient (Wildman–Crippen LogP) is 1.58. The van der Waals surface area contributed by atoms with Gasteiger partial charge < -0.3 is 16.0 Å². The van der Waals surface area contributed by atoms with Crippen LogP contribution < -0.4 is 11.1 Å². The summed E-state index contributed by atoms with van der Waals surface area (Å²) in [6, 6.07) is 0. The van der Waals surface area contributed by atoms with Gasteiger partial charge in [-0.1, -0.05) is 20.8 Å². The summed E-state index contributed by atoms with van der Waals surface area (Å²) in [4.78, 5) is 14.6. The van der Waals surface area contributed by atoms with Gasteiger partial charge in [0.25, 0.3) is 5.91 Å². The minimum Gasteiger partial charge on any atom is -0.395 e. The molecule has 0 aromatic carbocycles. The maximum atomic E-state index is 12.2. The lowest BCUT2D eigenvalue weighted by Crippen LogP contribution is -2.38. The fourth-order valence-electron chi connectivity index (χ4n) is 2.80. The molecule has 1 saturated heterocycles. The number of likely N-dealkylation sites (tertiary alicyclic amines) is 1. The summed E-state index contributed by atoms with van der Waals surface area (Å²) in [6.45, 7) is 10.3. The van der Waals surface area contributed by atoms with Gasteiger partial charge in [0.05, 0.1) is 11.4 Å². The van der Waals surface area contributed by atoms with E-state index < -0.39 is 0 Å². The van der Waals surface area contributed by atoms with Crippen molar-refractivity contribution in [3.63, 3.8) is 0 Å². The Morgan fingerprint density at radius 3 is 2.67 bits per heavy atom. The molecule has 6 heteroatoms. The van der Waals surface area contributed by atoms with Crippen LogP contribution in [-0.4, -0.2) is 47.2 Å². The van der Waals surface area contributed by atoms with Crippen LogP contribution in [0.5, 0.6) is 0 Å². The second-order valence-electron chi connectivity index (χ2n) is 6.14. The van der Waals surface area contributed by atoms with E-state index in [0.717, 1.165) is 38.2 Å². The number of nitrogens with one attached hydrogen (secondary N) is 2. The number of hydrogen-bond acceptors (Lipinski definition) is 4. The summed E-state index contributed by atoms with van der Waals surface area (Å²) in [5.41, 5.74) is 7.62. The number of carbonyl (C=O) groups excluding carboxylic acids is 1. The lowest BCUT2D eigenvalue weighted by atomic mass is 9.97. The average molecular weight is 293 g/mol. The van der Waals surface area contributed by atoms with Crippen molar-refractivity contribution in [2.75, 3.05) is 31.9 Å². The first-order chi connectivity index (χ1) is 10.0. The summed E-state index contributed by atoms with van der Waals surface area (Å²) < 4.78 is 0. The molecule has 118 valence electrons. The highest BCUT2D eigenvalue weighted by Crippen LogP contribution is 2.22. The summed E-state index contributed by atoms with van der Waals surface area (Å²) in [6.07, 6.45) is 2.28. The number of amides is 1. The molecular formula is C15H27N5O. The lowest BCUT2D eigenvalue weighted by molar-refractivity contribution is 0.0932. The topological polar surface area (TPSA) is 87.0 Å². The Labute approximate surface area is 126 Å². The Bertz CT molecular complexity index is 474. The molecule has 1 aromatic heterocycles. The molecular weight excluding hydrogens is 266 g/mol. The molecule has 1 aromatic rings. The monoisotopic (exact) mass is 293 g/mol. The molecule has 0 saturated carbocycles. The van der Waals surface area contributed by atoms with Crippen LogP contribution in [0.3, 0.4) is 0 Å². The van der Waals surface area contributed by atoms with Crippen LogP contribution in [0.15, 0.2) is 0 Å². The minimum absolute atomic E-state index is 0.173. The van der Waals surface area contributed by atoms with Crippen molar-refractivity contribution in [2.24, 2.45) is 5.92 Å². The van der Waals surface area contributed by atoms with Crippen LogP contribution in [0.4, 0.5) is 5.69 Å². The summed E-state index contributed by atoms with van der Waals surface area (Å²) in [7, 11) is 0. The number of H-pyrrole nitrogens is 1. The Balaban J connectivity index is 1.85. The van der Waals surface area contributed by atoms with Gasteiger partial charge in [0.15, 0.2) is 5.69 Å². The third kappa shape index (κ3) is 3.75. The number of piperidine rings is 1. The number of aromatic nitrogens is 2. The van der Waals surface area contributed by atoms with Gasteiger partial charge >= 0.3 is 0 Å². The average Bonchev–Trinajstić information content (AvgIpc) is 2.87. The van der Waals surface area contributed by atoms with E-state index in [1.807, 2.05) is 13.8 Å². The first-order valence-electron chi connectivity index (χ1n) is 7.87. The fraction of sp³-hybridized carbons (Fsp3) is 0.733. The number of nitrogen functional groups attached to an aromatic ring is 1. The van der Waals surface area contributed by atoms with Crippen LogP contribution in [-0.2, 0) is 0 Å². The number of rotatable bonds is 5. The fourth-order valence-corrected chi connectivity index (χ4v) is 2.80. The molecule has 6 nitrogen and oxygen atoms in total. The Morgan fingerprint density at radius 1 is 1.48 bits per heavy atom. The maximum Gasteiger partial charge on any atom is 0.273 e. The van der Waals surface area contributed by atoms with Crippen molar-refractivity contribution in [3.05, 3.63) is 11.4 Å². The Kier molecular flexibility index (Phi) is 5.22. The van der Waals surface area contributed by atoms with Crippen LogP contribution in [0.2, 0.25) is 0 Å². The van der Waals surface area contributed by atoms with Crippen molar-refractivity contribution in [2.45, 2.75) is 39.5 Å². The van der Waals surface area contributed by atoms with Gasteiger partial charge in [-0.2, -0.15) is 5.10 Å². The van der Waals surface area contributed by atoms with Gasteiger partial charge in [0.2, 0.25) is 0 Å².